The molecule has 0 unspecified atom stereocenters. The maximum atomic E-state index is 12.9. The number of rotatable bonds is 1. The number of alkyl halides is 3. The number of nitrogens with one attached hydrogen (secondary N) is 1. The molecule has 0 atom stereocenters. The van der Waals surface area contributed by atoms with Crippen LogP contribution < -0.4 is 0 Å². The Kier molecular flexibility index (Phi) is 4.28. The van der Waals surface area contributed by atoms with Gasteiger partial charge in [0.05, 0.1) is 24.8 Å². The summed E-state index contributed by atoms with van der Waals surface area (Å²) >= 11 is 9.77. The van der Waals surface area contributed by atoms with Gasteiger partial charge < -0.3 is 10.1 Å². The second kappa shape index (κ2) is 5.38. The second-order valence-electron chi connectivity index (χ2n) is 4.13. The normalized spacial score (nSPS) is 11.9. The van der Waals surface area contributed by atoms with E-state index in [1.54, 1.807) is 0 Å². The number of benzene rings is 1. The highest BCUT2D eigenvalue weighted by Gasteiger charge is 2.32. The van der Waals surface area contributed by atoms with E-state index in [4.69, 9.17) is 0 Å². The highest BCUT2D eigenvalue weighted by molar-refractivity contribution is 9.14. The van der Waals surface area contributed by atoms with Gasteiger partial charge in [0.25, 0.3) is 0 Å². The minimum absolute atomic E-state index is 0.0793. The third-order valence-corrected chi connectivity index (χ3v) is 5.98. The highest BCUT2D eigenvalue weighted by Crippen LogP contribution is 2.44. The van der Waals surface area contributed by atoms with Gasteiger partial charge in [0, 0.05) is 5.56 Å². The summed E-state index contributed by atoms with van der Waals surface area (Å²) in [5.41, 5.74) is -0.217. The van der Waals surface area contributed by atoms with E-state index in [0.29, 0.717) is 19.2 Å². The number of hydrogen-bond donors (Lipinski definition) is 2. The number of aryl methyl sites for hydroxylation is 1. The van der Waals surface area contributed by atoms with Crippen LogP contribution in [0.5, 0.6) is 5.75 Å². The third kappa shape index (κ3) is 2.78. The molecule has 108 valence electrons. The molecule has 2 rings (SSSR count). The van der Waals surface area contributed by atoms with Crippen molar-refractivity contribution in [3.05, 3.63) is 36.8 Å². The summed E-state index contributed by atoms with van der Waals surface area (Å²) in [6.07, 6.45) is -4.47. The monoisotopic (exact) mass is 475 g/mol. The highest BCUT2D eigenvalue weighted by atomic mass is 79.9. The minimum atomic E-state index is -4.47. The number of halogens is 6. The molecule has 1 aromatic carbocycles. The molecule has 2 N–H and O–H groups in total. The van der Waals surface area contributed by atoms with E-state index in [2.05, 4.69) is 52.8 Å². The molecule has 0 bridgehead atoms. The van der Waals surface area contributed by atoms with Crippen LogP contribution in [0.4, 0.5) is 13.2 Å². The first-order valence-electron chi connectivity index (χ1n) is 5.26. The summed E-state index contributed by atoms with van der Waals surface area (Å²) in [7, 11) is 0. The van der Waals surface area contributed by atoms with Gasteiger partial charge in [0.15, 0.2) is 0 Å². The molecule has 0 fully saturated rings. The van der Waals surface area contributed by atoms with Crippen LogP contribution in [-0.2, 0) is 6.18 Å². The molecule has 1 aromatic heterocycles. The van der Waals surface area contributed by atoms with Crippen LogP contribution in [-0.4, -0.2) is 10.1 Å². The molecule has 2 aromatic rings. The lowest BCUT2D eigenvalue weighted by molar-refractivity contribution is -0.137. The smallest absolute Gasteiger partial charge is 0.416 e. The Morgan fingerprint density at radius 1 is 1.10 bits per heavy atom. The summed E-state index contributed by atoms with van der Waals surface area (Å²) in [5, 5.41) is 10.0. The van der Waals surface area contributed by atoms with Crippen LogP contribution in [0.25, 0.3) is 11.3 Å². The van der Waals surface area contributed by atoms with Gasteiger partial charge >= 0.3 is 6.18 Å². The summed E-state index contributed by atoms with van der Waals surface area (Å²) in [6.45, 7) is 1.43. The van der Waals surface area contributed by atoms with Crippen molar-refractivity contribution in [2.45, 2.75) is 13.1 Å². The quantitative estimate of drug-likeness (QED) is 0.519. The standard InChI is InChI=1S/C12H7Br3F3NO/c1-4-2-5(12(16,17)18)3-6(10(4)20)9-7(13)8(14)11(15)19-9/h2-3,19-20H,1H3. The molecule has 0 amide bonds. The number of phenolic OH excluding ortho intramolecular Hbond substituents is 1. The van der Waals surface area contributed by atoms with Crippen LogP contribution in [0.2, 0.25) is 0 Å². The van der Waals surface area contributed by atoms with Crippen molar-refractivity contribution in [1.29, 1.82) is 0 Å². The number of aromatic hydroxyl groups is 1. The van der Waals surface area contributed by atoms with Gasteiger partial charge in [0.1, 0.15) is 5.75 Å². The van der Waals surface area contributed by atoms with E-state index in [-0.39, 0.29) is 16.9 Å². The van der Waals surface area contributed by atoms with E-state index in [0.717, 1.165) is 12.1 Å². The first-order chi connectivity index (χ1) is 9.12. The van der Waals surface area contributed by atoms with Crippen LogP contribution in [0.15, 0.2) is 25.7 Å². The summed E-state index contributed by atoms with van der Waals surface area (Å²) < 4.78 is 40.3. The van der Waals surface area contributed by atoms with Crippen molar-refractivity contribution in [2.75, 3.05) is 0 Å². The van der Waals surface area contributed by atoms with E-state index in [9.17, 15) is 18.3 Å². The van der Waals surface area contributed by atoms with Crippen molar-refractivity contribution < 1.29 is 18.3 Å². The lowest BCUT2D eigenvalue weighted by Crippen LogP contribution is -2.05. The number of aromatic amines is 1. The second-order valence-corrected chi connectivity index (χ2v) is 6.51. The van der Waals surface area contributed by atoms with E-state index in [1.165, 1.54) is 6.92 Å². The fourth-order valence-electron chi connectivity index (χ4n) is 1.74. The molecule has 0 aliphatic heterocycles. The maximum absolute atomic E-state index is 12.9. The molecule has 0 aliphatic carbocycles. The van der Waals surface area contributed by atoms with Gasteiger partial charge in [-0.1, -0.05) is 0 Å². The van der Waals surface area contributed by atoms with Crippen molar-refractivity contribution in [1.82, 2.24) is 4.98 Å². The molecule has 0 radical (unpaired) electrons. The van der Waals surface area contributed by atoms with Crippen LogP contribution in [0, 0.1) is 6.92 Å². The summed E-state index contributed by atoms with van der Waals surface area (Å²) in [5.74, 6) is -0.194. The van der Waals surface area contributed by atoms with E-state index in [1.807, 2.05) is 0 Å². The van der Waals surface area contributed by atoms with Crippen molar-refractivity contribution >= 4 is 47.8 Å². The molecule has 1 heterocycles. The molecule has 0 saturated carbocycles. The third-order valence-electron chi connectivity index (χ3n) is 2.74. The van der Waals surface area contributed by atoms with Crippen LogP contribution >= 0.6 is 47.8 Å². The Morgan fingerprint density at radius 3 is 2.15 bits per heavy atom. The number of H-pyrrole nitrogens is 1. The Hall–Kier alpha value is -0.470. The van der Waals surface area contributed by atoms with Crippen molar-refractivity contribution in [3.63, 3.8) is 0 Å². The Balaban J connectivity index is 2.73. The average molecular weight is 478 g/mol. The van der Waals surface area contributed by atoms with Gasteiger partial charge in [-0.25, -0.2) is 0 Å². The Morgan fingerprint density at radius 2 is 1.70 bits per heavy atom. The lowest BCUT2D eigenvalue weighted by Gasteiger charge is -2.12. The first-order valence-corrected chi connectivity index (χ1v) is 7.64. The zero-order valence-electron chi connectivity index (χ0n) is 9.87. The fourth-order valence-corrected chi connectivity index (χ4v) is 3.22. The van der Waals surface area contributed by atoms with Gasteiger partial charge in [-0.15, -0.1) is 0 Å². The summed E-state index contributed by atoms with van der Waals surface area (Å²) in [4.78, 5) is 2.87. The van der Waals surface area contributed by atoms with Crippen LogP contribution in [0.1, 0.15) is 11.1 Å². The maximum Gasteiger partial charge on any atom is 0.416 e. The molecule has 2 nitrogen and oxygen atoms in total. The molecular weight excluding hydrogens is 471 g/mol. The molecule has 0 spiro atoms. The molecule has 0 aliphatic rings. The lowest BCUT2D eigenvalue weighted by atomic mass is 10.0. The molecule has 0 saturated heterocycles. The molecular formula is C12H7Br3F3NO. The Bertz CT molecular complexity index is 680. The van der Waals surface area contributed by atoms with E-state index >= 15 is 0 Å². The SMILES string of the molecule is Cc1cc(C(F)(F)F)cc(-c2[nH]c(Br)c(Br)c2Br)c1O. The first kappa shape index (κ1) is 15.9. The Labute approximate surface area is 137 Å². The van der Waals surface area contributed by atoms with Crippen LogP contribution in [0.3, 0.4) is 0 Å². The van der Waals surface area contributed by atoms with Crippen molar-refractivity contribution in [3.8, 4) is 17.0 Å². The molecule has 8 heteroatoms. The fraction of sp³-hybridized carbons (Fsp3) is 0.167. The largest absolute Gasteiger partial charge is 0.507 e. The van der Waals surface area contributed by atoms with E-state index < -0.39 is 11.7 Å². The predicted octanol–water partition coefficient (Wildman–Crippen LogP) is 6.00. The topological polar surface area (TPSA) is 36.0 Å². The minimum Gasteiger partial charge on any atom is -0.507 e. The zero-order chi connectivity index (χ0) is 15.2. The number of phenols is 1. The average Bonchev–Trinajstić information content (AvgIpc) is 2.59. The summed E-state index contributed by atoms with van der Waals surface area (Å²) in [6, 6.07) is 1.83. The van der Waals surface area contributed by atoms with Crippen molar-refractivity contribution in [2.24, 2.45) is 0 Å². The number of hydrogen-bond acceptors (Lipinski definition) is 1. The number of aromatic nitrogens is 1. The zero-order valence-corrected chi connectivity index (χ0v) is 14.6. The van der Waals surface area contributed by atoms with Gasteiger partial charge in [-0.2, -0.15) is 13.2 Å². The molecule has 20 heavy (non-hydrogen) atoms. The predicted molar refractivity (Wildman–Crippen MR) is 80.7 cm³/mol. The van der Waals surface area contributed by atoms with Gasteiger partial charge in [-0.05, 0) is 72.4 Å². The van der Waals surface area contributed by atoms with Gasteiger partial charge in [0.2, 0.25) is 0 Å². The van der Waals surface area contributed by atoms with Gasteiger partial charge in [-0.3, -0.25) is 0 Å².